The molecule has 13 nitrogen and oxygen atoms in total. The minimum absolute atomic E-state index is 0.0105. The number of nitrogens with two attached hydrogens (primary N) is 1. The van der Waals surface area contributed by atoms with E-state index < -0.39 is 71.4 Å². The van der Waals surface area contributed by atoms with Crippen LogP contribution in [0.3, 0.4) is 0 Å². The van der Waals surface area contributed by atoms with Gasteiger partial charge in [0.05, 0.1) is 12.1 Å². The number of benzene rings is 4. The topological polar surface area (TPSA) is 182 Å². The predicted molar refractivity (Wildman–Crippen MR) is 249 cm³/mol. The number of nitrogens with zero attached hydrogens (tertiary/aromatic N) is 2. The van der Waals surface area contributed by atoms with Gasteiger partial charge in [-0.2, -0.15) is 0 Å². The fourth-order valence-electron chi connectivity index (χ4n) is 7.68. The van der Waals surface area contributed by atoms with Crippen molar-refractivity contribution in [3.05, 3.63) is 155 Å². The number of amides is 3. The molecule has 0 aliphatic carbocycles. The summed E-state index contributed by atoms with van der Waals surface area (Å²) in [5.41, 5.74) is 9.27. The number of nitrogens with one attached hydrogen (secondary N) is 2. The van der Waals surface area contributed by atoms with E-state index in [1.807, 2.05) is 104 Å². The molecule has 0 spiro atoms. The Morgan fingerprint density at radius 2 is 1.39 bits per heavy atom. The van der Waals surface area contributed by atoms with Gasteiger partial charge in [0.2, 0.25) is 17.7 Å². The molecule has 5 rings (SSSR count). The van der Waals surface area contributed by atoms with Gasteiger partial charge in [0, 0.05) is 55.5 Å². The maximum absolute atomic E-state index is 15.1. The SMILES string of the molecule is CC(C)(C)[C@H](c1cc(-c2cc(F)ccc2F)cn1Cc1ccccc1)N(CC[C@H](N)C(=O)NCCCCC(=O)N[C@@H](CCC(=O)OCc1ccccc1)C(=O)OCc1ccccc1)C(=O)CO. The van der Waals surface area contributed by atoms with Crippen molar-refractivity contribution in [3.8, 4) is 11.1 Å². The largest absolute Gasteiger partial charge is 0.461 e. The average Bonchev–Trinajstić information content (AvgIpc) is 3.72. The second-order valence-electron chi connectivity index (χ2n) is 17.4. The van der Waals surface area contributed by atoms with E-state index in [1.165, 1.54) is 4.90 Å². The number of aromatic nitrogens is 1. The molecule has 0 fully saturated rings. The van der Waals surface area contributed by atoms with Crippen molar-refractivity contribution < 1.29 is 47.3 Å². The molecular weight excluding hydrogens is 861 g/mol. The number of halogens is 2. The quantitative estimate of drug-likeness (QED) is 0.0369. The first-order chi connectivity index (χ1) is 32.1. The summed E-state index contributed by atoms with van der Waals surface area (Å²) in [6.07, 6.45) is 2.35. The summed E-state index contributed by atoms with van der Waals surface area (Å²) in [7, 11) is 0. The number of aliphatic hydroxyl groups excluding tert-OH is 1. The maximum atomic E-state index is 15.1. The van der Waals surface area contributed by atoms with Crippen LogP contribution in [0.15, 0.2) is 121 Å². The lowest BCUT2D eigenvalue weighted by molar-refractivity contribution is -0.150. The molecule has 0 aliphatic rings. The third-order valence-electron chi connectivity index (χ3n) is 11.1. The zero-order chi connectivity index (χ0) is 48.3. The molecule has 4 aromatic carbocycles. The van der Waals surface area contributed by atoms with Gasteiger partial charge >= 0.3 is 11.9 Å². The number of hydrogen-bond acceptors (Lipinski definition) is 9. The van der Waals surface area contributed by atoms with Crippen molar-refractivity contribution in [1.29, 1.82) is 0 Å². The fraction of sp³-hybridized carbons (Fsp3) is 0.365. The van der Waals surface area contributed by atoms with Gasteiger partial charge in [-0.15, -0.1) is 0 Å². The molecule has 5 N–H and O–H groups in total. The molecule has 3 atom stereocenters. The Hall–Kier alpha value is -6.71. The van der Waals surface area contributed by atoms with Gasteiger partial charge in [-0.1, -0.05) is 112 Å². The van der Waals surface area contributed by atoms with Crippen LogP contribution in [0.25, 0.3) is 11.1 Å². The van der Waals surface area contributed by atoms with E-state index >= 15 is 4.39 Å². The molecule has 0 unspecified atom stereocenters. The molecule has 5 aromatic rings. The standard InChI is InChI=1S/C52H61F2N5O8/c1-52(2,3)49(45-29-39(41-30-40(53)22-23-42(41)54)32-58(45)31-36-15-7-4-8-16-36)59(47(62)33-60)28-26-43(55)50(64)56-27-14-13-21-46(61)57-44(51(65)67-35-38-19-11-6-12-20-38)24-25-48(63)66-34-37-17-9-5-10-18-37/h4-12,15-20,22-23,29-30,32,43-44,49,60H,13-14,21,24-28,31,33-35,55H2,1-3H3,(H,56,64)(H,57,61)/t43-,44-,49-/m0/s1. The molecule has 0 saturated carbocycles. The van der Waals surface area contributed by atoms with Crippen molar-refractivity contribution in [2.75, 3.05) is 19.7 Å². The molecule has 3 amide bonds. The van der Waals surface area contributed by atoms with Gasteiger partial charge in [0.25, 0.3) is 0 Å². The van der Waals surface area contributed by atoms with E-state index in [0.29, 0.717) is 30.6 Å². The Morgan fingerprint density at radius 3 is 2.00 bits per heavy atom. The lowest BCUT2D eigenvalue weighted by atomic mass is 9.82. The number of rotatable bonds is 24. The summed E-state index contributed by atoms with van der Waals surface area (Å²) < 4.78 is 42.2. The van der Waals surface area contributed by atoms with E-state index in [2.05, 4.69) is 10.6 Å². The molecule has 0 radical (unpaired) electrons. The first-order valence-electron chi connectivity index (χ1n) is 22.5. The lowest BCUT2D eigenvalue weighted by Crippen LogP contribution is -2.47. The molecule has 1 heterocycles. The van der Waals surface area contributed by atoms with Crippen LogP contribution in [0.4, 0.5) is 8.78 Å². The van der Waals surface area contributed by atoms with E-state index in [-0.39, 0.29) is 57.6 Å². The van der Waals surface area contributed by atoms with E-state index in [9.17, 15) is 33.5 Å². The summed E-state index contributed by atoms with van der Waals surface area (Å²) in [5, 5.41) is 15.7. The highest BCUT2D eigenvalue weighted by Gasteiger charge is 2.37. The summed E-state index contributed by atoms with van der Waals surface area (Å²) in [6, 6.07) is 29.9. The van der Waals surface area contributed by atoms with Crippen molar-refractivity contribution in [2.45, 2.75) is 97.2 Å². The maximum Gasteiger partial charge on any atom is 0.328 e. The fourth-order valence-corrected chi connectivity index (χ4v) is 7.68. The Kier molecular flexibility index (Phi) is 19.3. The number of ether oxygens (including phenoxy) is 2. The minimum atomic E-state index is -1.10. The zero-order valence-electron chi connectivity index (χ0n) is 38.3. The Morgan fingerprint density at radius 1 is 0.776 bits per heavy atom. The number of carbonyl (C=O) groups is 5. The molecule has 67 heavy (non-hydrogen) atoms. The van der Waals surface area contributed by atoms with Crippen molar-refractivity contribution in [3.63, 3.8) is 0 Å². The van der Waals surface area contributed by atoms with Gasteiger partial charge in [-0.3, -0.25) is 19.2 Å². The first-order valence-corrected chi connectivity index (χ1v) is 22.5. The third kappa shape index (κ3) is 16.0. The van der Waals surface area contributed by atoms with Crippen molar-refractivity contribution >= 4 is 29.7 Å². The van der Waals surface area contributed by atoms with Crippen LogP contribution in [0.5, 0.6) is 0 Å². The van der Waals surface area contributed by atoms with Crippen molar-refractivity contribution in [2.24, 2.45) is 11.1 Å². The Balaban J connectivity index is 1.16. The molecule has 0 saturated heterocycles. The number of hydrogen-bond donors (Lipinski definition) is 4. The monoisotopic (exact) mass is 921 g/mol. The van der Waals surface area contributed by atoms with E-state index in [0.717, 1.165) is 34.9 Å². The predicted octanol–water partition coefficient (Wildman–Crippen LogP) is 7.15. The Bertz CT molecular complexity index is 2390. The normalized spacial score (nSPS) is 12.6. The van der Waals surface area contributed by atoms with Gasteiger partial charge < -0.3 is 40.4 Å². The molecule has 0 bridgehead atoms. The number of aliphatic hydroxyl groups is 1. The summed E-state index contributed by atoms with van der Waals surface area (Å²) in [6.45, 7) is 5.53. The number of carbonyl (C=O) groups excluding carboxylic acids is 5. The highest BCUT2D eigenvalue weighted by Crippen LogP contribution is 2.41. The van der Waals surface area contributed by atoms with Crippen LogP contribution in [0.1, 0.15) is 87.7 Å². The van der Waals surface area contributed by atoms with Crippen molar-refractivity contribution in [1.82, 2.24) is 20.1 Å². The first kappa shape index (κ1) is 51.3. The smallest absolute Gasteiger partial charge is 0.328 e. The lowest BCUT2D eigenvalue weighted by Gasteiger charge is -2.41. The summed E-state index contributed by atoms with van der Waals surface area (Å²) in [4.78, 5) is 67.0. The van der Waals surface area contributed by atoms with Crippen LogP contribution >= 0.6 is 0 Å². The molecule has 15 heteroatoms. The average molecular weight is 922 g/mol. The van der Waals surface area contributed by atoms with Gasteiger partial charge in [0.1, 0.15) is 37.5 Å². The Labute approximate surface area is 390 Å². The van der Waals surface area contributed by atoms with E-state index in [1.54, 1.807) is 24.4 Å². The molecule has 0 aliphatic heterocycles. The highest BCUT2D eigenvalue weighted by atomic mass is 19.1. The van der Waals surface area contributed by atoms with Crippen LogP contribution in [0, 0.1) is 17.0 Å². The third-order valence-corrected chi connectivity index (χ3v) is 11.1. The number of unbranched alkanes of at least 4 members (excludes halogenated alkanes) is 1. The van der Waals surface area contributed by atoms with Crippen LogP contribution < -0.4 is 16.4 Å². The van der Waals surface area contributed by atoms with Crippen LogP contribution in [-0.2, 0) is 53.2 Å². The minimum Gasteiger partial charge on any atom is -0.461 e. The highest BCUT2D eigenvalue weighted by molar-refractivity contribution is 5.85. The van der Waals surface area contributed by atoms with E-state index in [4.69, 9.17) is 15.2 Å². The molecular formula is C52H61F2N5O8. The number of esters is 2. The van der Waals surface area contributed by atoms with Gasteiger partial charge in [-0.25, -0.2) is 13.6 Å². The second kappa shape index (κ2) is 25.3. The summed E-state index contributed by atoms with van der Waals surface area (Å²) in [5.74, 6) is -3.96. The zero-order valence-corrected chi connectivity index (χ0v) is 38.3. The van der Waals surface area contributed by atoms with Gasteiger partial charge in [-0.05, 0) is 72.1 Å². The molecule has 356 valence electrons. The molecule has 1 aromatic heterocycles. The van der Waals surface area contributed by atoms with Crippen LogP contribution in [-0.4, -0.2) is 76.0 Å². The second-order valence-corrected chi connectivity index (χ2v) is 17.4. The van der Waals surface area contributed by atoms with Gasteiger partial charge in [0.15, 0.2) is 0 Å². The summed E-state index contributed by atoms with van der Waals surface area (Å²) >= 11 is 0. The van der Waals surface area contributed by atoms with Crippen LogP contribution in [0.2, 0.25) is 0 Å².